The molecule has 7 heterocycles. The summed E-state index contributed by atoms with van der Waals surface area (Å²) in [6.07, 6.45) is 12.3. The van der Waals surface area contributed by atoms with Gasteiger partial charge in [-0.15, -0.1) is 90.9 Å². The molecular formula is C75H64IrN12OPt-8. The molecule has 1 radical (unpaired) electrons. The van der Waals surface area contributed by atoms with Crippen molar-refractivity contribution in [3.05, 3.63) is 275 Å². The van der Waals surface area contributed by atoms with Gasteiger partial charge in [-0.05, 0) is 90.9 Å². The van der Waals surface area contributed by atoms with E-state index in [1.807, 2.05) is 36.4 Å². The maximum Gasteiger partial charge on any atom is 0.143 e. The van der Waals surface area contributed by atoms with Crippen LogP contribution in [0.2, 0.25) is 0 Å². The number of unbranched alkanes of at least 4 members (excludes halogenated alkanes) is 1. The predicted molar refractivity (Wildman–Crippen MR) is 352 cm³/mol. The number of aromatic nitrogens is 6. The fourth-order valence-corrected chi connectivity index (χ4v) is 10.8. The number of nitrogens with zero attached hydrogens (tertiary/aromatic N) is 12. The number of hydrogen-bond acceptors (Lipinski definition) is 13. The van der Waals surface area contributed by atoms with Gasteiger partial charge in [0.15, 0.2) is 0 Å². The summed E-state index contributed by atoms with van der Waals surface area (Å²) in [5.74, 6) is 4.50. The monoisotopic (exact) mass is 1540 g/mol. The Labute approximate surface area is 556 Å². The average Bonchev–Trinajstić information content (AvgIpc) is 1.68. The van der Waals surface area contributed by atoms with Crippen LogP contribution in [0.5, 0.6) is 11.5 Å². The summed E-state index contributed by atoms with van der Waals surface area (Å²) in [7, 11) is 0. The molecule has 11 aromatic rings. The molecule has 457 valence electrons. The molecule has 0 amide bonds. The maximum absolute atomic E-state index is 6.22. The summed E-state index contributed by atoms with van der Waals surface area (Å²) in [4.78, 5) is 40.2. The molecular weight excluding hydrogens is 1470 g/mol. The molecule has 0 bridgehead atoms. The maximum atomic E-state index is 6.22. The summed E-state index contributed by atoms with van der Waals surface area (Å²) in [5, 5.41) is 0. The van der Waals surface area contributed by atoms with Gasteiger partial charge in [-0.3, -0.25) is 0 Å². The van der Waals surface area contributed by atoms with Crippen molar-refractivity contribution in [2.75, 3.05) is 42.5 Å². The van der Waals surface area contributed by atoms with Gasteiger partial charge in [0.1, 0.15) is 23.3 Å². The van der Waals surface area contributed by atoms with E-state index in [-0.39, 0.29) is 52.0 Å². The van der Waals surface area contributed by atoms with Crippen molar-refractivity contribution in [3.8, 4) is 45.1 Å². The molecule has 0 N–H and O–H groups in total. The second kappa shape index (κ2) is 27.4. The van der Waals surface area contributed by atoms with E-state index in [2.05, 4.69) is 279 Å². The van der Waals surface area contributed by atoms with E-state index >= 15 is 0 Å². The molecule has 7 aromatic carbocycles. The van der Waals surface area contributed by atoms with Crippen molar-refractivity contribution in [1.82, 2.24) is 29.9 Å². The Balaban J connectivity index is 0.000000182. The van der Waals surface area contributed by atoms with Crippen molar-refractivity contribution < 1.29 is 45.9 Å². The minimum absolute atomic E-state index is 0. The third-order valence-electron chi connectivity index (χ3n) is 15.5. The van der Waals surface area contributed by atoms with Gasteiger partial charge in [-0.2, -0.15) is 65.7 Å². The van der Waals surface area contributed by atoms with E-state index in [1.165, 1.54) is 22.3 Å². The molecule has 0 atom stereocenters. The van der Waals surface area contributed by atoms with E-state index in [0.717, 1.165) is 94.5 Å². The number of benzene rings is 7. The van der Waals surface area contributed by atoms with Crippen molar-refractivity contribution >= 4 is 57.4 Å². The van der Waals surface area contributed by atoms with E-state index in [0.29, 0.717) is 22.9 Å². The van der Waals surface area contributed by atoms with Crippen LogP contribution < -0.4 is 34.1 Å². The zero-order valence-electron chi connectivity index (χ0n) is 50.7. The van der Waals surface area contributed by atoms with E-state index < -0.39 is 0 Å². The minimum atomic E-state index is 0. The van der Waals surface area contributed by atoms with Crippen molar-refractivity contribution in [2.45, 2.75) is 65.2 Å². The number of hydrogen-bond donors (Lipinski definition) is 0. The Kier molecular flexibility index (Phi) is 19.0. The number of fused-ring (bicyclic) bond motifs is 3. The van der Waals surface area contributed by atoms with Gasteiger partial charge in [0.05, 0.1) is 0 Å². The molecule has 14 rings (SSSR count). The molecule has 0 aliphatic carbocycles. The topological polar surface area (TPSA) is 106 Å². The Morgan fingerprint density at radius 3 is 1.43 bits per heavy atom. The molecule has 0 saturated heterocycles. The molecule has 13 nitrogen and oxygen atoms in total. The first-order valence-electron chi connectivity index (χ1n) is 29.6. The Morgan fingerprint density at radius 1 is 0.411 bits per heavy atom. The summed E-state index contributed by atoms with van der Waals surface area (Å²) in [6, 6.07) is 76.9. The first kappa shape index (κ1) is 62.5. The molecule has 4 aromatic heterocycles. The second-order valence-corrected chi connectivity index (χ2v) is 23.7. The fourth-order valence-electron chi connectivity index (χ4n) is 10.8. The van der Waals surface area contributed by atoms with Crippen LogP contribution >= 0.6 is 0 Å². The minimum Gasteiger partial charge on any atom is -0.510 e. The molecule has 0 saturated carbocycles. The normalized spacial score (nSPS) is 13.2. The standard InChI is InChI=1S/C41H26N4O.C34H38N8.Ir.Pt/c1-3-12-30(13-4-1)32-24-33(31-14-5-2-6-15-31)26-35(25-32)45-29-44(40-19-7-8-20-41(40)45)34-16-11-17-36(27-34)46-37-21-23-43-39(28-37)38-18-9-10-22-42-38;1-33(2,3)25-9-13-27(14-10-25)41-23-39(29-31(41)37-19-17-35-29)21-7-8-22-40-24-42(32-30(40)36-18-20-38-32)28-15-11-26(12-16-28)34(4,5)6;;/h1-17,19-26,29H;9-13,15,17-20,23-24H,7-8,21-22H2,1-6H3;;/q2*-4;;. The molecule has 3 aliphatic heterocycles. The number of anilines is 10. The number of pyridine rings is 2. The summed E-state index contributed by atoms with van der Waals surface area (Å²) >= 11 is 0. The zero-order chi connectivity index (χ0) is 60.2. The number of ether oxygens (including phenoxy) is 1. The summed E-state index contributed by atoms with van der Waals surface area (Å²) < 4.78 is 6.22. The van der Waals surface area contributed by atoms with Crippen LogP contribution in [-0.4, -0.2) is 43.0 Å². The van der Waals surface area contributed by atoms with E-state index in [9.17, 15) is 0 Å². The smallest absolute Gasteiger partial charge is 0.143 e. The van der Waals surface area contributed by atoms with Gasteiger partial charge in [0.25, 0.3) is 0 Å². The molecule has 3 aliphatic rings. The van der Waals surface area contributed by atoms with Gasteiger partial charge < -0.3 is 44.1 Å². The predicted octanol–water partition coefficient (Wildman–Crippen LogP) is 17.2. The quantitative estimate of drug-likeness (QED) is 0.0763. The molecule has 0 unspecified atom stereocenters. The first-order chi connectivity index (χ1) is 42.9. The van der Waals surface area contributed by atoms with Crippen molar-refractivity contribution in [2.24, 2.45) is 0 Å². The van der Waals surface area contributed by atoms with Gasteiger partial charge in [-0.1, -0.05) is 125 Å². The molecule has 15 heteroatoms. The van der Waals surface area contributed by atoms with Crippen LogP contribution in [0.1, 0.15) is 65.5 Å². The van der Waals surface area contributed by atoms with E-state index in [1.54, 1.807) is 49.3 Å². The van der Waals surface area contributed by atoms with Crippen LogP contribution in [0.15, 0.2) is 213 Å². The first-order valence-corrected chi connectivity index (χ1v) is 29.6. The summed E-state index contributed by atoms with van der Waals surface area (Å²) in [6.45, 7) is 21.2. The second-order valence-electron chi connectivity index (χ2n) is 23.7. The van der Waals surface area contributed by atoms with Gasteiger partial charge in [0, 0.05) is 94.5 Å². The average molecular weight is 1540 g/mol. The number of rotatable bonds is 14. The Bertz CT molecular complexity index is 4010. The SMILES string of the molecule is CC(C)(C)c1c[c-]c(N2[CH-]N(CCCCN3[CH-]N(c4[c-]cc(C(C)(C)C)cc4)c4nccnc43)c3nccnc32)cc1.[Ir].[Pt].[c-]1c(Oc2[c-]c(-c3[c-]cccn3)ncc2)cccc1N1[CH-]N(c2cc(-c3ccccc3)cc(-c3ccccc3)c2)c2ccccc21. The Morgan fingerprint density at radius 2 is 0.922 bits per heavy atom. The van der Waals surface area contributed by atoms with Crippen LogP contribution in [0, 0.1) is 50.3 Å². The van der Waals surface area contributed by atoms with E-state index in [4.69, 9.17) is 4.74 Å². The third-order valence-corrected chi connectivity index (χ3v) is 15.5. The molecule has 0 spiro atoms. The van der Waals surface area contributed by atoms with Crippen molar-refractivity contribution in [3.63, 3.8) is 0 Å². The van der Waals surface area contributed by atoms with Gasteiger partial charge >= 0.3 is 0 Å². The molecule has 0 fully saturated rings. The number of para-hydroxylation sites is 2. The third kappa shape index (κ3) is 13.7. The van der Waals surface area contributed by atoms with Crippen LogP contribution in [0.3, 0.4) is 0 Å². The fraction of sp³-hybridized carbons (Fsp3) is 0.160. The van der Waals surface area contributed by atoms with Crippen LogP contribution in [0.25, 0.3) is 33.6 Å². The van der Waals surface area contributed by atoms with Crippen LogP contribution in [0.4, 0.5) is 57.4 Å². The van der Waals surface area contributed by atoms with Gasteiger partial charge in [0.2, 0.25) is 0 Å². The van der Waals surface area contributed by atoms with Crippen molar-refractivity contribution in [1.29, 1.82) is 0 Å². The van der Waals surface area contributed by atoms with Crippen LogP contribution in [-0.2, 0) is 52.0 Å². The van der Waals surface area contributed by atoms with Gasteiger partial charge in [-0.25, -0.2) is 26.0 Å². The Hall–Kier alpha value is -9.06. The largest absolute Gasteiger partial charge is 0.510 e. The molecule has 90 heavy (non-hydrogen) atoms. The zero-order valence-corrected chi connectivity index (χ0v) is 55.4. The summed E-state index contributed by atoms with van der Waals surface area (Å²) in [5.41, 5.74) is 14.4.